The topological polar surface area (TPSA) is 351 Å². The van der Waals surface area contributed by atoms with Gasteiger partial charge >= 0.3 is 11.9 Å². The second-order valence-electron chi connectivity index (χ2n) is 13.8. The van der Waals surface area contributed by atoms with Gasteiger partial charge < -0.3 is 25.2 Å². The third kappa shape index (κ3) is 10.9. The van der Waals surface area contributed by atoms with E-state index in [0.29, 0.717) is 21.2 Å². The number of rotatable bonds is 17. The second kappa shape index (κ2) is 19.5. The number of carboxylic acids is 2. The lowest BCUT2D eigenvalue weighted by Crippen LogP contribution is -2.08. The number of benzene rings is 5. The highest BCUT2D eigenvalue weighted by atomic mass is 32.2. The number of carboxylic acid groups (broad SMARTS) is 2. The summed E-state index contributed by atoms with van der Waals surface area (Å²) < 4.78 is 75.5. The van der Waals surface area contributed by atoms with Crippen molar-refractivity contribution < 1.29 is 60.7 Å². The maximum atomic E-state index is 13.0. The molecule has 0 saturated carbocycles. The fourth-order valence-electron chi connectivity index (χ4n) is 6.23. The summed E-state index contributed by atoms with van der Waals surface area (Å²) >= 11 is 2.60. The van der Waals surface area contributed by atoms with Crippen molar-refractivity contribution in [3.05, 3.63) is 102 Å². The van der Waals surface area contributed by atoms with Crippen LogP contribution in [0.4, 0.5) is 33.6 Å². The van der Waals surface area contributed by atoms with Crippen LogP contribution in [0, 0.1) is 6.92 Å². The number of aromatic hydroxyl groups is 2. The first-order valence-electron chi connectivity index (χ1n) is 18.9. The van der Waals surface area contributed by atoms with Crippen LogP contribution in [0.25, 0.3) is 27.7 Å². The second-order valence-corrected chi connectivity index (χ2v) is 18.8. The first-order valence-corrected chi connectivity index (χ1v) is 24.0. The molecular weight excluding hydrogens is 957 g/mol. The molecule has 0 spiro atoms. The summed E-state index contributed by atoms with van der Waals surface area (Å²) in [6, 6.07) is 19.0. The Morgan fingerprint density at radius 3 is 2.04 bits per heavy atom. The number of aryl methyl sites for hydroxylation is 1. The Bertz CT molecular complexity index is 3380. The third-order valence-corrected chi connectivity index (χ3v) is 12.8. The number of nitrogens with zero attached hydrogens (tertiary/aromatic N) is 10. The Kier molecular flexibility index (Phi) is 13.8. The van der Waals surface area contributed by atoms with Crippen LogP contribution in [-0.2, 0) is 20.2 Å². The van der Waals surface area contributed by atoms with Crippen LogP contribution in [0.1, 0.15) is 32.7 Å². The predicted octanol–water partition coefficient (Wildman–Crippen LogP) is 9.53. The number of hydrogen-bond donors (Lipinski definition) is 6. The van der Waals surface area contributed by atoms with E-state index < -0.39 is 71.3 Å². The van der Waals surface area contributed by atoms with E-state index in [1.807, 2.05) is 6.26 Å². The van der Waals surface area contributed by atoms with E-state index in [1.54, 1.807) is 37.3 Å². The monoisotopic (exact) mass is 988 g/mol. The van der Waals surface area contributed by atoms with Crippen LogP contribution >= 0.6 is 23.1 Å². The van der Waals surface area contributed by atoms with Crippen LogP contribution < -0.4 is 4.74 Å². The van der Waals surface area contributed by atoms with Gasteiger partial charge in [-0.05, 0) is 67.6 Å². The molecule has 0 amide bonds. The average Bonchev–Trinajstić information content (AvgIpc) is 3.89. The fraction of sp³-hybridized carbons (Fsp3) is 0.125. The first kappa shape index (κ1) is 47.4. The van der Waals surface area contributed by atoms with Crippen LogP contribution in [0.5, 0.6) is 17.4 Å². The summed E-state index contributed by atoms with van der Waals surface area (Å²) in [5.41, 5.74) is -0.763. The smallest absolute Gasteiger partial charge is 0.335 e. The van der Waals surface area contributed by atoms with E-state index >= 15 is 0 Å². The molecule has 344 valence electrons. The van der Waals surface area contributed by atoms with Crippen molar-refractivity contribution in [2.45, 2.75) is 22.6 Å². The predicted molar refractivity (Wildman–Crippen MR) is 242 cm³/mol. The zero-order valence-corrected chi connectivity index (χ0v) is 37.6. The zero-order chi connectivity index (χ0) is 48.2. The average molecular weight is 989 g/mol. The highest BCUT2D eigenvalue weighted by molar-refractivity contribution is 8.00. The number of phenolic OH excluding ortho intramolecular Hbond substituents is 1. The molecule has 0 bridgehead atoms. The molecule has 0 radical (unpaired) electrons. The molecule has 2 aromatic heterocycles. The zero-order valence-electron chi connectivity index (χ0n) is 34.4. The standard InChI is InChI=1S/C40H32N10O13S4/c1-20-15-30(31(63-13-6-14-66(57,58)59)19-29(20)43-46-39-47-48-40(64-2)65-39)44-41-27-11-10-26-25(34(27)51)9-12-28(35(26)67(60,61)62)42-45-33-32(21-7-4-3-5-8-21)49-50(36(33)52)24-17-22(37(53)54)16-23(18-24)38(55)56/h3-5,7-12,15-19,51-52H,6,13-14H2,1-2H3,(H,53,54)(H,55,56)(H,57,58,59)(H,60,61,62). The van der Waals surface area contributed by atoms with E-state index in [-0.39, 0.29) is 63.1 Å². The molecule has 0 saturated heterocycles. The van der Waals surface area contributed by atoms with Crippen LogP contribution in [0.2, 0.25) is 0 Å². The summed E-state index contributed by atoms with van der Waals surface area (Å²) in [6.07, 6.45) is 1.74. The van der Waals surface area contributed by atoms with Gasteiger partial charge in [-0.25, -0.2) is 9.59 Å². The molecule has 67 heavy (non-hydrogen) atoms. The number of thioether (sulfide) groups is 1. The van der Waals surface area contributed by atoms with E-state index in [1.165, 1.54) is 53.4 Å². The Morgan fingerprint density at radius 2 is 1.40 bits per heavy atom. The summed E-state index contributed by atoms with van der Waals surface area (Å²) in [4.78, 5) is 22.9. The minimum Gasteiger partial charge on any atom is -0.505 e. The molecular formula is C40H32N10O13S4. The molecule has 7 rings (SSSR count). The van der Waals surface area contributed by atoms with E-state index in [0.717, 1.165) is 28.9 Å². The molecule has 27 heteroatoms. The Balaban J connectivity index is 1.27. The van der Waals surface area contributed by atoms with E-state index in [9.17, 15) is 51.4 Å². The highest BCUT2D eigenvalue weighted by Crippen LogP contribution is 2.45. The molecule has 0 aliphatic carbocycles. The van der Waals surface area contributed by atoms with Gasteiger partial charge in [-0.15, -0.1) is 40.9 Å². The molecule has 0 aliphatic heterocycles. The molecule has 0 atom stereocenters. The largest absolute Gasteiger partial charge is 0.505 e. The molecule has 0 aliphatic rings. The number of hydrogen-bond acceptors (Lipinski definition) is 20. The Hall–Kier alpha value is -7.56. The van der Waals surface area contributed by atoms with Crippen LogP contribution in [0.3, 0.4) is 0 Å². The van der Waals surface area contributed by atoms with Gasteiger partial charge in [-0.2, -0.15) is 26.6 Å². The number of azo groups is 3. The normalized spacial score (nSPS) is 12.2. The van der Waals surface area contributed by atoms with Crippen molar-refractivity contribution >= 4 is 99.6 Å². The van der Waals surface area contributed by atoms with Crippen molar-refractivity contribution in [2.24, 2.45) is 30.7 Å². The van der Waals surface area contributed by atoms with Crippen molar-refractivity contribution in [3.8, 4) is 34.3 Å². The van der Waals surface area contributed by atoms with Gasteiger partial charge in [0.05, 0.1) is 34.9 Å². The summed E-state index contributed by atoms with van der Waals surface area (Å²) in [5, 5.41) is 79.2. The molecule has 7 aromatic rings. The van der Waals surface area contributed by atoms with E-state index in [4.69, 9.17) is 9.29 Å². The molecule has 5 aromatic carbocycles. The molecule has 6 N–H and O–H groups in total. The van der Waals surface area contributed by atoms with Crippen LogP contribution in [0.15, 0.2) is 125 Å². The first-order chi connectivity index (χ1) is 31.8. The molecule has 0 unspecified atom stereocenters. The van der Waals surface area contributed by atoms with Gasteiger partial charge in [0.1, 0.15) is 33.4 Å². The maximum absolute atomic E-state index is 13.0. The lowest BCUT2D eigenvalue weighted by molar-refractivity contribution is 0.0696. The fourth-order valence-corrected chi connectivity index (χ4v) is 8.63. The van der Waals surface area contributed by atoms with Gasteiger partial charge in [-0.3, -0.25) is 9.11 Å². The van der Waals surface area contributed by atoms with Crippen LogP contribution in [-0.4, -0.2) is 96.9 Å². The van der Waals surface area contributed by atoms with Gasteiger partial charge in [0.25, 0.3) is 25.4 Å². The molecule has 23 nitrogen and oxygen atoms in total. The van der Waals surface area contributed by atoms with E-state index in [2.05, 4.69) is 46.0 Å². The minimum atomic E-state index is -5.15. The quantitative estimate of drug-likeness (QED) is 0.0214. The number of ether oxygens (including phenoxy) is 1. The van der Waals surface area contributed by atoms with Crippen molar-refractivity contribution in [2.75, 3.05) is 18.6 Å². The lowest BCUT2D eigenvalue weighted by Gasteiger charge is -2.11. The van der Waals surface area contributed by atoms with Crippen molar-refractivity contribution in [1.29, 1.82) is 0 Å². The maximum Gasteiger partial charge on any atom is 0.335 e. The van der Waals surface area contributed by atoms with Gasteiger partial charge in [-0.1, -0.05) is 59.5 Å². The van der Waals surface area contributed by atoms with Gasteiger partial charge in [0.15, 0.2) is 15.8 Å². The summed E-state index contributed by atoms with van der Waals surface area (Å²) in [7, 11) is -9.43. The highest BCUT2D eigenvalue weighted by Gasteiger charge is 2.25. The lowest BCUT2D eigenvalue weighted by atomic mass is 10.1. The Labute approximate surface area is 386 Å². The number of aromatic carboxylic acids is 2. The minimum absolute atomic E-state index is 0.0415. The summed E-state index contributed by atoms with van der Waals surface area (Å²) in [6.45, 7) is 1.51. The molecule has 2 heterocycles. The van der Waals surface area contributed by atoms with Gasteiger partial charge in [0.2, 0.25) is 5.88 Å². The van der Waals surface area contributed by atoms with Gasteiger partial charge in [0, 0.05) is 22.4 Å². The SMILES string of the molecule is CSc1nnc(N=Nc2cc(OCCCS(=O)(=O)O)c(N=Nc3ccc4c(S(=O)(=O)O)c(N=Nc5c(-c6ccccc6)nn(-c6cc(C(=O)O)cc(C(=O)O)c6)c5O)ccc4c3O)cc2C)s1. The van der Waals surface area contributed by atoms with Crippen molar-refractivity contribution in [1.82, 2.24) is 20.0 Å². The number of phenols is 1. The number of aromatic nitrogens is 4. The summed E-state index contributed by atoms with van der Waals surface area (Å²) in [5.74, 6) is -4.77. The number of fused-ring (bicyclic) bond motifs is 1. The molecule has 0 fully saturated rings. The number of carbonyl (C=O) groups is 2. The third-order valence-electron chi connectivity index (χ3n) is 9.30. The van der Waals surface area contributed by atoms with Crippen molar-refractivity contribution in [3.63, 3.8) is 0 Å². The Morgan fingerprint density at radius 1 is 0.761 bits per heavy atom.